The van der Waals surface area contributed by atoms with E-state index >= 15 is 0 Å². The maximum atomic E-state index is 11.1. The number of hydrogen-bond acceptors (Lipinski definition) is 4. The van der Waals surface area contributed by atoms with Crippen molar-refractivity contribution >= 4 is 39.9 Å². The molecule has 0 radical (unpaired) electrons. The molecule has 0 aliphatic heterocycles. The van der Waals surface area contributed by atoms with Crippen LogP contribution in [0.5, 0.6) is 0 Å². The molecule has 6 nitrogen and oxygen atoms in total. The average molecular weight is 376 g/mol. The van der Waals surface area contributed by atoms with Gasteiger partial charge in [0.2, 0.25) is 0 Å². The van der Waals surface area contributed by atoms with Crippen LogP contribution in [0.25, 0.3) is 0 Å². The Kier molecular flexibility index (Phi) is 4.23. The molecule has 7 heteroatoms. The molecule has 2 rings (SSSR count). The third-order valence-corrected chi connectivity index (χ3v) is 4.23. The quantitative estimate of drug-likeness (QED) is 0.479. The zero-order chi connectivity index (χ0) is 14.0. The summed E-state index contributed by atoms with van der Waals surface area (Å²) >= 11 is 2.02. The number of nitrogens with zero attached hydrogens (tertiary/aromatic N) is 1. The number of benzene rings is 1. The van der Waals surface area contributed by atoms with E-state index in [9.17, 15) is 14.9 Å². The van der Waals surface area contributed by atoms with Gasteiger partial charge in [0.15, 0.2) is 0 Å². The molecule has 102 valence electrons. The first-order chi connectivity index (χ1) is 8.99. The molecule has 0 heterocycles. The monoisotopic (exact) mass is 376 g/mol. The van der Waals surface area contributed by atoms with Crippen LogP contribution in [-0.4, -0.2) is 22.0 Å². The summed E-state index contributed by atoms with van der Waals surface area (Å²) in [5.41, 5.74) is 0.792. The minimum atomic E-state index is -0.785. The van der Waals surface area contributed by atoms with E-state index in [1.165, 1.54) is 12.1 Å². The number of rotatable bonds is 4. The van der Waals surface area contributed by atoms with Crippen molar-refractivity contribution in [2.24, 2.45) is 5.92 Å². The summed E-state index contributed by atoms with van der Waals surface area (Å²) in [5, 5.41) is 23.0. The highest BCUT2D eigenvalue weighted by atomic mass is 127. The lowest BCUT2D eigenvalue weighted by molar-refractivity contribution is -0.384. The number of non-ortho nitro benzene ring substituents is 1. The van der Waals surface area contributed by atoms with Crippen LogP contribution >= 0.6 is 22.6 Å². The van der Waals surface area contributed by atoms with Gasteiger partial charge in [-0.2, -0.15) is 0 Å². The van der Waals surface area contributed by atoms with Gasteiger partial charge in [0, 0.05) is 27.4 Å². The Bertz CT molecular complexity index is 520. The van der Waals surface area contributed by atoms with Crippen molar-refractivity contribution in [3.05, 3.63) is 31.9 Å². The maximum absolute atomic E-state index is 11.1. The number of nitro groups is 1. The Morgan fingerprint density at radius 1 is 1.47 bits per heavy atom. The summed E-state index contributed by atoms with van der Waals surface area (Å²) in [5.74, 6) is -1.17. The third kappa shape index (κ3) is 3.14. The van der Waals surface area contributed by atoms with Gasteiger partial charge in [-0.15, -0.1) is 0 Å². The molecule has 2 unspecified atom stereocenters. The minimum Gasteiger partial charge on any atom is -0.481 e. The second-order valence-corrected chi connectivity index (χ2v) is 5.71. The third-order valence-electron chi connectivity index (χ3n) is 3.34. The number of carboxylic acid groups (broad SMARTS) is 1. The molecule has 1 fully saturated rings. The molecule has 0 aromatic heterocycles. The van der Waals surface area contributed by atoms with Crippen molar-refractivity contribution in [2.45, 2.75) is 25.3 Å². The highest BCUT2D eigenvalue weighted by Crippen LogP contribution is 2.31. The number of halogens is 1. The first-order valence-electron chi connectivity index (χ1n) is 5.92. The summed E-state index contributed by atoms with van der Waals surface area (Å²) in [6.45, 7) is 0. The normalized spacial score (nSPS) is 22.2. The molecule has 0 saturated heterocycles. The molecule has 2 atom stereocenters. The molecular weight excluding hydrogens is 363 g/mol. The molecular formula is C12H13IN2O4. The lowest BCUT2D eigenvalue weighted by atomic mass is 10.0. The van der Waals surface area contributed by atoms with Gasteiger partial charge in [0.1, 0.15) is 0 Å². The Labute approximate surface area is 123 Å². The van der Waals surface area contributed by atoms with Gasteiger partial charge in [-0.25, -0.2) is 0 Å². The Balaban J connectivity index is 2.15. The van der Waals surface area contributed by atoms with Crippen molar-refractivity contribution in [1.82, 2.24) is 0 Å². The van der Waals surface area contributed by atoms with E-state index in [-0.39, 0.29) is 17.6 Å². The standard InChI is InChI=1S/C12H13IN2O4/c13-9-6-7(15(18)19)4-5-11(9)14-10-3-1-2-8(10)12(16)17/h4-6,8,10,14H,1-3H2,(H,16,17). The van der Waals surface area contributed by atoms with Crippen LogP contribution < -0.4 is 5.32 Å². The molecule has 1 aliphatic rings. The largest absolute Gasteiger partial charge is 0.481 e. The molecule has 1 aliphatic carbocycles. The fraction of sp³-hybridized carbons (Fsp3) is 0.417. The van der Waals surface area contributed by atoms with Crippen LogP contribution in [0.1, 0.15) is 19.3 Å². The fourth-order valence-electron chi connectivity index (χ4n) is 2.36. The Hall–Kier alpha value is -1.38. The molecule has 1 saturated carbocycles. The summed E-state index contributed by atoms with van der Waals surface area (Å²) in [6, 6.07) is 4.44. The van der Waals surface area contributed by atoms with E-state index in [1.807, 2.05) is 22.6 Å². The maximum Gasteiger partial charge on any atom is 0.308 e. The van der Waals surface area contributed by atoms with Crippen LogP contribution in [-0.2, 0) is 4.79 Å². The minimum absolute atomic E-state index is 0.0381. The first kappa shape index (κ1) is 14.0. The van der Waals surface area contributed by atoms with Crippen molar-refractivity contribution in [3.8, 4) is 0 Å². The molecule has 1 aromatic carbocycles. The van der Waals surface area contributed by atoms with Crippen molar-refractivity contribution in [3.63, 3.8) is 0 Å². The van der Waals surface area contributed by atoms with Gasteiger partial charge >= 0.3 is 5.97 Å². The topological polar surface area (TPSA) is 92.5 Å². The van der Waals surface area contributed by atoms with Crippen LogP contribution in [0.3, 0.4) is 0 Å². The molecule has 0 amide bonds. The van der Waals surface area contributed by atoms with Gasteiger partial charge in [-0.05, 0) is 41.5 Å². The highest BCUT2D eigenvalue weighted by Gasteiger charge is 2.33. The van der Waals surface area contributed by atoms with Gasteiger partial charge in [0.05, 0.1) is 10.8 Å². The van der Waals surface area contributed by atoms with Crippen LogP contribution in [0.15, 0.2) is 18.2 Å². The number of nitrogens with one attached hydrogen (secondary N) is 1. The molecule has 19 heavy (non-hydrogen) atoms. The zero-order valence-corrected chi connectivity index (χ0v) is 12.2. The predicted octanol–water partition coefficient (Wildman–Crippen LogP) is 2.86. The van der Waals surface area contributed by atoms with E-state index < -0.39 is 10.9 Å². The summed E-state index contributed by atoms with van der Waals surface area (Å²) in [6.07, 6.45) is 2.37. The summed E-state index contributed by atoms with van der Waals surface area (Å²) < 4.78 is 0.725. The number of carbonyl (C=O) groups is 1. The summed E-state index contributed by atoms with van der Waals surface area (Å²) in [7, 11) is 0. The van der Waals surface area contributed by atoms with Crippen LogP contribution in [0.2, 0.25) is 0 Å². The van der Waals surface area contributed by atoms with Gasteiger partial charge in [0.25, 0.3) is 5.69 Å². The SMILES string of the molecule is O=C(O)C1CCCC1Nc1ccc([N+](=O)[O-])cc1I. The van der Waals surface area contributed by atoms with Gasteiger partial charge in [-0.1, -0.05) is 6.42 Å². The Morgan fingerprint density at radius 2 is 2.21 bits per heavy atom. The van der Waals surface area contributed by atoms with E-state index in [0.29, 0.717) is 6.42 Å². The smallest absolute Gasteiger partial charge is 0.308 e. The van der Waals surface area contributed by atoms with Gasteiger partial charge < -0.3 is 10.4 Å². The van der Waals surface area contributed by atoms with Crippen molar-refractivity contribution in [2.75, 3.05) is 5.32 Å². The van der Waals surface area contributed by atoms with E-state index in [2.05, 4.69) is 5.32 Å². The second-order valence-electron chi connectivity index (χ2n) is 4.55. The van der Waals surface area contributed by atoms with E-state index in [1.54, 1.807) is 6.07 Å². The molecule has 0 spiro atoms. The first-order valence-corrected chi connectivity index (χ1v) is 7.00. The lowest BCUT2D eigenvalue weighted by Crippen LogP contribution is -2.30. The molecule has 2 N–H and O–H groups in total. The number of nitro benzene ring substituents is 1. The van der Waals surface area contributed by atoms with Crippen molar-refractivity contribution in [1.29, 1.82) is 0 Å². The highest BCUT2D eigenvalue weighted by molar-refractivity contribution is 14.1. The molecule has 0 bridgehead atoms. The number of hydrogen-bond donors (Lipinski definition) is 2. The second kappa shape index (κ2) is 5.72. The van der Waals surface area contributed by atoms with E-state index in [4.69, 9.17) is 5.11 Å². The number of carboxylic acids is 1. The zero-order valence-electron chi connectivity index (χ0n) is 10.0. The van der Waals surface area contributed by atoms with Crippen LogP contribution in [0.4, 0.5) is 11.4 Å². The van der Waals surface area contributed by atoms with Crippen LogP contribution in [0, 0.1) is 19.6 Å². The number of aliphatic carboxylic acids is 1. The average Bonchev–Trinajstić information content (AvgIpc) is 2.79. The Morgan fingerprint density at radius 3 is 2.79 bits per heavy atom. The van der Waals surface area contributed by atoms with Crippen molar-refractivity contribution < 1.29 is 14.8 Å². The van der Waals surface area contributed by atoms with E-state index in [0.717, 1.165) is 22.1 Å². The lowest BCUT2D eigenvalue weighted by Gasteiger charge is -2.19. The molecule has 1 aromatic rings. The fourth-order valence-corrected chi connectivity index (χ4v) is 3.02. The predicted molar refractivity (Wildman–Crippen MR) is 78.2 cm³/mol. The number of anilines is 1. The summed E-state index contributed by atoms with van der Waals surface area (Å²) in [4.78, 5) is 21.3. The van der Waals surface area contributed by atoms with Gasteiger partial charge in [-0.3, -0.25) is 14.9 Å².